The number of aromatic nitrogens is 2. The molecule has 3 heterocycles. The summed E-state index contributed by atoms with van der Waals surface area (Å²) >= 11 is 0. The van der Waals surface area contributed by atoms with Crippen LogP contribution in [0.4, 0.5) is 0 Å². The number of nitrogens with one attached hydrogen (secondary N) is 1. The fourth-order valence-electron chi connectivity index (χ4n) is 3.00. The summed E-state index contributed by atoms with van der Waals surface area (Å²) in [5.74, 6) is -0.438. The van der Waals surface area contributed by atoms with Crippen LogP contribution in [-0.2, 0) is 9.53 Å². The molecule has 8 nitrogen and oxygen atoms in total. The zero-order valence-corrected chi connectivity index (χ0v) is 14.2. The summed E-state index contributed by atoms with van der Waals surface area (Å²) in [5.41, 5.74) is 1.05. The molecule has 8 heteroatoms. The highest BCUT2D eigenvalue weighted by atomic mass is 16.5. The first-order valence-corrected chi connectivity index (χ1v) is 7.75. The minimum absolute atomic E-state index is 0.179. The molecule has 0 radical (unpaired) electrons. The molecule has 24 heavy (non-hydrogen) atoms. The number of carbonyl (C=O) groups excluding carboxylic acids is 2. The summed E-state index contributed by atoms with van der Waals surface area (Å²) in [6.07, 6.45) is 0. The Morgan fingerprint density at radius 1 is 1.38 bits per heavy atom. The van der Waals surface area contributed by atoms with E-state index in [1.54, 1.807) is 38.8 Å². The second kappa shape index (κ2) is 5.86. The van der Waals surface area contributed by atoms with Crippen LogP contribution in [0.5, 0.6) is 0 Å². The van der Waals surface area contributed by atoms with Crippen LogP contribution in [0.3, 0.4) is 0 Å². The van der Waals surface area contributed by atoms with Crippen molar-refractivity contribution >= 4 is 22.9 Å². The van der Waals surface area contributed by atoms with Gasteiger partial charge in [-0.2, -0.15) is 0 Å². The fourth-order valence-corrected chi connectivity index (χ4v) is 3.00. The van der Waals surface area contributed by atoms with E-state index in [0.717, 1.165) is 0 Å². The zero-order chi connectivity index (χ0) is 17.5. The molecular formula is C16H20N4O4. The molecule has 3 rings (SSSR count). The lowest BCUT2D eigenvalue weighted by molar-refractivity contribution is -0.153. The van der Waals surface area contributed by atoms with Crippen LogP contribution in [0.2, 0.25) is 0 Å². The summed E-state index contributed by atoms with van der Waals surface area (Å²) in [5, 5.41) is 7.09. The second-order valence-electron chi connectivity index (χ2n) is 6.14. The molecule has 0 aromatic carbocycles. The maximum atomic E-state index is 13.1. The highest BCUT2D eigenvalue weighted by Gasteiger charge is 2.40. The van der Waals surface area contributed by atoms with Crippen molar-refractivity contribution in [2.45, 2.75) is 26.4 Å². The molecule has 0 bridgehead atoms. The fraction of sp³-hybridized carbons (Fsp3) is 0.500. The van der Waals surface area contributed by atoms with Gasteiger partial charge in [-0.15, -0.1) is 0 Å². The van der Waals surface area contributed by atoms with Crippen molar-refractivity contribution in [1.29, 1.82) is 0 Å². The van der Waals surface area contributed by atoms with E-state index in [1.807, 2.05) is 0 Å². The zero-order valence-electron chi connectivity index (χ0n) is 14.2. The first-order chi connectivity index (χ1) is 11.4. The van der Waals surface area contributed by atoms with Gasteiger partial charge in [0.1, 0.15) is 0 Å². The van der Waals surface area contributed by atoms with Crippen LogP contribution in [0.15, 0.2) is 10.6 Å². The van der Waals surface area contributed by atoms with Gasteiger partial charge >= 0.3 is 0 Å². The van der Waals surface area contributed by atoms with Gasteiger partial charge in [-0.05, 0) is 26.8 Å². The minimum Gasteiger partial charge on any atom is -0.362 e. The Bertz CT molecular complexity index is 816. The third kappa shape index (κ3) is 2.62. The maximum absolute atomic E-state index is 13.1. The van der Waals surface area contributed by atoms with Crippen LogP contribution >= 0.6 is 0 Å². The lowest BCUT2D eigenvalue weighted by Gasteiger charge is -2.39. The van der Waals surface area contributed by atoms with Gasteiger partial charge in [0, 0.05) is 19.3 Å². The molecule has 1 fully saturated rings. The molecule has 1 atom stereocenters. The van der Waals surface area contributed by atoms with Crippen molar-refractivity contribution in [2.24, 2.45) is 0 Å². The van der Waals surface area contributed by atoms with Crippen molar-refractivity contribution < 1.29 is 18.8 Å². The van der Waals surface area contributed by atoms with Crippen molar-refractivity contribution in [3.05, 3.63) is 23.0 Å². The first-order valence-electron chi connectivity index (χ1n) is 7.75. The van der Waals surface area contributed by atoms with E-state index in [9.17, 15) is 9.59 Å². The van der Waals surface area contributed by atoms with Gasteiger partial charge in [-0.25, -0.2) is 4.98 Å². The number of hydrogen-bond donors (Lipinski definition) is 1. The van der Waals surface area contributed by atoms with Crippen LogP contribution in [-0.4, -0.2) is 59.2 Å². The molecule has 2 amide bonds. The van der Waals surface area contributed by atoms with Crippen molar-refractivity contribution in [3.8, 4) is 0 Å². The summed E-state index contributed by atoms with van der Waals surface area (Å²) in [4.78, 5) is 31.0. The number of morpholine rings is 1. The predicted molar refractivity (Wildman–Crippen MR) is 85.6 cm³/mol. The summed E-state index contributed by atoms with van der Waals surface area (Å²) in [6.45, 7) is 6.14. The smallest absolute Gasteiger partial charge is 0.258 e. The number of likely N-dealkylation sites (N-methyl/N-ethyl adjacent to an activating group) is 1. The third-order valence-corrected chi connectivity index (χ3v) is 4.24. The Morgan fingerprint density at radius 3 is 2.83 bits per heavy atom. The molecular weight excluding hydrogens is 312 g/mol. The van der Waals surface area contributed by atoms with Crippen LogP contribution in [0.1, 0.15) is 28.7 Å². The van der Waals surface area contributed by atoms with Crippen molar-refractivity contribution in [1.82, 2.24) is 20.4 Å². The molecule has 1 N–H and O–H groups in total. The molecule has 0 saturated carbocycles. The highest BCUT2D eigenvalue weighted by Crippen LogP contribution is 2.25. The third-order valence-electron chi connectivity index (χ3n) is 4.24. The first kappa shape index (κ1) is 16.4. The average molecular weight is 332 g/mol. The predicted octanol–water partition coefficient (Wildman–Crippen LogP) is 0.817. The Balaban J connectivity index is 1.97. The molecule has 0 unspecified atom stereocenters. The quantitative estimate of drug-likeness (QED) is 0.874. The number of nitrogens with zero attached hydrogens (tertiary/aromatic N) is 3. The Morgan fingerprint density at radius 2 is 2.12 bits per heavy atom. The van der Waals surface area contributed by atoms with E-state index >= 15 is 0 Å². The van der Waals surface area contributed by atoms with Crippen LogP contribution in [0.25, 0.3) is 11.1 Å². The van der Waals surface area contributed by atoms with E-state index in [0.29, 0.717) is 41.2 Å². The Kier molecular flexibility index (Phi) is 4.00. The van der Waals surface area contributed by atoms with E-state index in [4.69, 9.17) is 9.26 Å². The Hall–Kier alpha value is -2.48. The van der Waals surface area contributed by atoms with E-state index in [1.165, 1.54) is 0 Å². The van der Waals surface area contributed by atoms with Gasteiger partial charge in [0.2, 0.25) is 0 Å². The van der Waals surface area contributed by atoms with Crippen molar-refractivity contribution in [3.63, 3.8) is 0 Å². The number of fused-ring (bicyclic) bond motifs is 1. The number of rotatable bonds is 2. The van der Waals surface area contributed by atoms with Gasteiger partial charge in [0.05, 0.1) is 29.8 Å². The van der Waals surface area contributed by atoms with Crippen LogP contribution in [0, 0.1) is 13.8 Å². The molecule has 0 spiro atoms. The SMILES string of the molecule is CNC(=O)[C@]1(C)CN(C(=O)c2cc(C)nc3onc(C)c23)CCO1. The number of amides is 2. The Labute approximate surface area is 139 Å². The maximum Gasteiger partial charge on any atom is 0.258 e. The molecule has 0 aliphatic carbocycles. The molecule has 1 saturated heterocycles. The summed E-state index contributed by atoms with van der Waals surface area (Å²) in [6, 6.07) is 1.72. The van der Waals surface area contributed by atoms with Gasteiger partial charge < -0.3 is 19.5 Å². The van der Waals surface area contributed by atoms with E-state index < -0.39 is 5.60 Å². The topological polar surface area (TPSA) is 97.6 Å². The standard InChI is InChI=1S/C16H20N4O4/c1-9-7-11(12-10(2)19-24-13(12)18-9)14(21)20-5-6-23-16(3,8-20)15(22)17-4/h7H,5-6,8H2,1-4H3,(H,17,22)/t16-/m0/s1. The van der Waals surface area contributed by atoms with Gasteiger partial charge in [-0.3, -0.25) is 9.59 Å². The largest absolute Gasteiger partial charge is 0.362 e. The summed E-state index contributed by atoms with van der Waals surface area (Å²) in [7, 11) is 1.55. The van der Waals surface area contributed by atoms with Crippen molar-refractivity contribution in [2.75, 3.05) is 26.7 Å². The highest BCUT2D eigenvalue weighted by molar-refractivity contribution is 6.06. The number of hydrogen-bond acceptors (Lipinski definition) is 6. The normalized spacial score (nSPS) is 21.1. The monoisotopic (exact) mass is 332 g/mol. The summed E-state index contributed by atoms with van der Waals surface area (Å²) < 4.78 is 10.8. The number of carbonyl (C=O) groups is 2. The van der Waals surface area contributed by atoms with Gasteiger partial charge in [-0.1, -0.05) is 5.16 Å². The van der Waals surface area contributed by atoms with Gasteiger partial charge in [0.25, 0.3) is 17.5 Å². The number of aryl methyl sites for hydroxylation is 2. The van der Waals surface area contributed by atoms with Crippen LogP contribution < -0.4 is 5.32 Å². The lowest BCUT2D eigenvalue weighted by atomic mass is 10.0. The molecule has 1 aliphatic rings. The molecule has 2 aromatic rings. The minimum atomic E-state index is -1.06. The number of pyridine rings is 1. The second-order valence-corrected chi connectivity index (χ2v) is 6.14. The van der Waals surface area contributed by atoms with Gasteiger partial charge in [0.15, 0.2) is 5.60 Å². The van der Waals surface area contributed by atoms with E-state index in [2.05, 4.69) is 15.5 Å². The molecule has 128 valence electrons. The lowest BCUT2D eigenvalue weighted by Crippen LogP contribution is -2.58. The average Bonchev–Trinajstić information content (AvgIpc) is 2.93. The van der Waals surface area contributed by atoms with E-state index in [-0.39, 0.29) is 18.4 Å². The molecule has 1 aliphatic heterocycles. The molecule has 2 aromatic heterocycles. The number of ether oxygens (including phenoxy) is 1.